The number of nitrogens with zero attached hydrogens (tertiary/aromatic N) is 1. The van der Waals surface area contributed by atoms with E-state index in [-0.39, 0.29) is 28.6 Å². The van der Waals surface area contributed by atoms with Crippen molar-refractivity contribution >= 4 is 11.8 Å². The van der Waals surface area contributed by atoms with Crippen LogP contribution in [0.15, 0.2) is 35.8 Å². The summed E-state index contributed by atoms with van der Waals surface area (Å²) in [6, 6.07) is 0. The summed E-state index contributed by atoms with van der Waals surface area (Å²) in [4.78, 5) is 28.0. The molecule has 5 nitrogen and oxygen atoms in total. The normalized spacial score (nSPS) is 42.2. The second-order valence-corrected chi connectivity index (χ2v) is 11.9. The van der Waals surface area contributed by atoms with Gasteiger partial charge in [0.1, 0.15) is 0 Å². The van der Waals surface area contributed by atoms with Gasteiger partial charge in [-0.15, -0.1) is 0 Å². The number of hydrogen-bond donors (Lipinski definition) is 2. The van der Waals surface area contributed by atoms with Crippen LogP contribution in [0.5, 0.6) is 0 Å². The molecule has 0 bridgehead atoms. The van der Waals surface area contributed by atoms with Gasteiger partial charge in [-0.25, -0.2) is 0 Å². The molecule has 5 aliphatic rings. The number of dihydropyridines is 1. The van der Waals surface area contributed by atoms with Crippen molar-refractivity contribution in [3.05, 3.63) is 35.8 Å². The van der Waals surface area contributed by atoms with Gasteiger partial charge in [0.15, 0.2) is 0 Å². The molecule has 2 saturated carbocycles. The van der Waals surface area contributed by atoms with Crippen LogP contribution in [0.1, 0.15) is 72.6 Å². The Morgan fingerprint density at radius 1 is 1.09 bits per heavy atom. The van der Waals surface area contributed by atoms with E-state index in [9.17, 15) is 9.59 Å². The highest BCUT2D eigenvalue weighted by atomic mass is 16.2. The molecule has 5 rings (SSSR count). The van der Waals surface area contributed by atoms with Crippen molar-refractivity contribution in [2.45, 2.75) is 78.2 Å². The number of carbonyl (C=O) groups excluding carboxylic acids is 2. The first-order valence-corrected chi connectivity index (χ1v) is 12.5. The number of piperidine rings is 1. The molecule has 0 aromatic rings. The standard InChI is InChI=1S/C27H39N3O2/c1-17-16-18-19-6-7-21(24(32)29-25(2)12-14-28-15-13-25)26(19,3)10-8-20(18)27(4)11-9-22(31)30(5)23(17)27/h12-15,18-21,28H,6-11,16H2,1-5H3,(H,29,32)/t18-,19-,20-,21+,26-,27+/m0/s1. The molecule has 5 heteroatoms. The van der Waals surface area contributed by atoms with E-state index >= 15 is 0 Å². The van der Waals surface area contributed by atoms with Crippen molar-refractivity contribution in [1.82, 2.24) is 15.5 Å². The fourth-order valence-corrected chi connectivity index (χ4v) is 8.53. The van der Waals surface area contributed by atoms with Crippen molar-refractivity contribution in [1.29, 1.82) is 0 Å². The number of nitrogens with one attached hydrogen (secondary N) is 2. The van der Waals surface area contributed by atoms with Gasteiger partial charge in [0.25, 0.3) is 0 Å². The van der Waals surface area contributed by atoms with E-state index in [0.29, 0.717) is 24.2 Å². The number of amides is 2. The average molecular weight is 438 g/mol. The minimum absolute atomic E-state index is 0.0620. The number of carbonyl (C=O) groups is 2. The minimum atomic E-state index is -0.417. The maximum absolute atomic E-state index is 13.5. The first kappa shape index (κ1) is 21.8. The highest BCUT2D eigenvalue weighted by Gasteiger charge is 2.61. The lowest BCUT2D eigenvalue weighted by atomic mass is 9.48. The number of likely N-dealkylation sites (tertiary alicyclic amines) is 1. The number of rotatable bonds is 2. The monoisotopic (exact) mass is 437 g/mol. The van der Waals surface area contributed by atoms with Crippen LogP contribution in [0, 0.1) is 34.5 Å². The summed E-state index contributed by atoms with van der Waals surface area (Å²) in [5.41, 5.74) is 2.45. The van der Waals surface area contributed by atoms with Crippen LogP contribution in [0.2, 0.25) is 0 Å². The van der Waals surface area contributed by atoms with E-state index in [4.69, 9.17) is 0 Å². The quantitative estimate of drug-likeness (QED) is 0.669. The average Bonchev–Trinajstić information content (AvgIpc) is 3.09. The Bertz CT molecular complexity index is 921. The van der Waals surface area contributed by atoms with E-state index in [1.165, 1.54) is 11.3 Å². The molecule has 6 atom stereocenters. The van der Waals surface area contributed by atoms with Crippen LogP contribution in [-0.4, -0.2) is 29.3 Å². The lowest BCUT2D eigenvalue weighted by Crippen LogP contribution is -2.56. The molecule has 3 fully saturated rings. The topological polar surface area (TPSA) is 61.4 Å². The molecule has 174 valence electrons. The maximum Gasteiger partial charge on any atom is 0.226 e. The predicted octanol–water partition coefficient (Wildman–Crippen LogP) is 4.49. The first-order chi connectivity index (χ1) is 15.1. The van der Waals surface area contributed by atoms with E-state index in [1.54, 1.807) is 0 Å². The zero-order chi connectivity index (χ0) is 22.9. The molecule has 2 heterocycles. The highest BCUT2D eigenvalue weighted by Crippen LogP contribution is 2.66. The number of allylic oxidation sites excluding steroid dienone is 2. The molecule has 0 aromatic heterocycles. The molecule has 32 heavy (non-hydrogen) atoms. The molecule has 0 spiro atoms. The molecule has 2 aliphatic heterocycles. The van der Waals surface area contributed by atoms with Crippen LogP contribution >= 0.6 is 0 Å². The van der Waals surface area contributed by atoms with Crippen LogP contribution in [0.3, 0.4) is 0 Å². The highest BCUT2D eigenvalue weighted by molar-refractivity contribution is 5.81. The van der Waals surface area contributed by atoms with E-state index in [0.717, 1.165) is 38.5 Å². The van der Waals surface area contributed by atoms with E-state index in [1.807, 2.05) is 36.5 Å². The molecular formula is C27H39N3O2. The smallest absolute Gasteiger partial charge is 0.226 e. The van der Waals surface area contributed by atoms with Crippen molar-refractivity contribution < 1.29 is 9.59 Å². The van der Waals surface area contributed by atoms with Gasteiger partial charge in [-0.2, -0.15) is 0 Å². The van der Waals surface area contributed by atoms with Gasteiger partial charge in [0.2, 0.25) is 11.8 Å². The molecule has 0 unspecified atom stereocenters. The Kier molecular flexibility index (Phi) is 4.92. The molecule has 3 aliphatic carbocycles. The summed E-state index contributed by atoms with van der Waals surface area (Å²) in [5, 5.41) is 6.40. The summed E-state index contributed by atoms with van der Waals surface area (Å²) in [7, 11) is 1.98. The van der Waals surface area contributed by atoms with Crippen LogP contribution in [-0.2, 0) is 9.59 Å². The minimum Gasteiger partial charge on any atom is -0.368 e. The zero-order valence-electron chi connectivity index (χ0n) is 20.3. The lowest BCUT2D eigenvalue weighted by molar-refractivity contribution is -0.139. The van der Waals surface area contributed by atoms with Crippen molar-refractivity contribution in [3.63, 3.8) is 0 Å². The third-order valence-corrected chi connectivity index (χ3v) is 10.1. The summed E-state index contributed by atoms with van der Waals surface area (Å²) < 4.78 is 0. The Balaban J connectivity index is 1.41. The first-order valence-electron chi connectivity index (χ1n) is 12.5. The summed E-state index contributed by atoms with van der Waals surface area (Å²) in [6.45, 7) is 9.13. The number of fused-ring (bicyclic) bond motifs is 5. The third-order valence-electron chi connectivity index (χ3n) is 10.1. The molecule has 2 N–H and O–H groups in total. The molecule has 0 aromatic carbocycles. The van der Waals surface area contributed by atoms with Crippen molar-refractivity contribution in [2.75, 3.05) is 7.05 Å². The van der Waals surface area contributed by atoms with Crippen molar-refractivity contribution in [2.24, 2.45) is 34.5 Å². The Morgan fingerprint density at radius 2 is 1.81 bits per heavy atom. The lowest BCUT2D eigenvalue weighted by Gasteiger charge is -2.59. The van der Waals surface area contributed by atoms with Gasteiger partial charge in [-0.1, -0.05) is 19.4 Å². The van der Waals surface area contributed by atoms with Gasteiger partial charge >= 0.3 is 0 Å². The van der Waals surface area contributed by atoms with Gasteiger partial charge in [-0.05, 0) is 100 Å². The van der Waals surface area contributed by atoms with E-state index < -0.39 is 5.54 Å². The van der Waals surface area contributed by atoms with Crippen LogP contribution < -0.4 is 10.6 Å². The fourth-order valence-electron chi connectivity index (χ4n) is 8.53. The maximum atomic E-state index is 13.5. The summed E-state index contributed by atoms with van der Waals surface area (Å²) in [5.74, 6) is 2.38. The Hall–Kier alpha value is -2.04. The van der Waals surface area contributed by atoms with Crippen LogP contribution in [0.4, 0.5) is 0 Å². The largest absolute Gasteiger partial charge is 0.368 e. The molecule has 1 saturated heterocycles. The Morgan fingerprint density at radius 3 is 2.53 bits per heavy atom. The SMILES string of the molecule is CC1=C2N(C)C(=O)CC[C@]2(C)[C@H]2CC[C@]3(C)[C@@H](C(=O)NC4(C)C=CNC=C4)CC[C@H]3[C@@H]2C1. The van der Waals surface area contributed by atoms with Gasteiger partial charge in [0.05, 0.1) is 5.54 Å². The third kappa shape index (κ3) is 3.03. The van der Waals surface area contributed by atoms with Gasteiger partial charge in [-0.3, -0.25) is 9.59 Å². The molecule has 2 amide bonds. The Labute approximate surface area is 192 Å². The second kappa shape index (κ2) is 7.23. The molecule has 0 radical (unpaired) electrons. The van der Waals surface area contributed by atoms with Gasteiger partial charge in [0, 0.05) is 30.5 Å². The second-order valence-electron chi connectivity index (χ2n) is 11.9. The predicted molar refractivity (Wildman–Crippen MR) is 126 cm³/mol. The van der Waals surface area contributed by atoms with E-state index in [2.05, 4.69) is 38.3 Å². The molecular weight excluding hydrogens is 398 g/mol. The summed E-state index contributed by atoms with van der Waals surface area (Å²) in [6.07, 6.45) is 15.0. The number of hydrogen-bond acceptors (Lipinski definition) is 3. The van der Waals surface area contributed by atoms with Crippen molar-refractivity contribution in [3.8, 4) is 0 Å². The fraction of sp³-hybridized carbons (Fsp3) is 0.704. The summed E-state index contributed by atoms with van der Waals surface area (Å²) >= 11 is 0. The van der Waals surface area contributed by atoms with Crippen LogP contribution in [0.25, 0.3) is 0 Å². The zero-order valence-corrected chi connectivity index (χ0v) is 20.3. The van der Waals surface area contributed by atoms with Gasteiger partial charge < -0.3 is 15.5 Å².